The van der Waals surface area contributed by atoms with E-state index in [1.807, 2.05) is 0 Å². The molecule has 2 aromatic rings. The molecule has 0 saturated heterocycles. The van der Waals surface area contributed by atoms with E-state index in [1.54, 1.807) is 60.7 Å². The van der Waals surface area contributed by atoms with Crippen LogP contribution in [0.5, 0.6) is 0 Å². The van der Waals surface area contributed by atoms with Gasteiger partial charge in [-0.2, -0.15) is 0 Å². The molecule has 110 valence electrons. The van der Waals surface area contributed by atoms with Gasteiger partial charge >= 0.3 is 5.97 Å². The molecule has 0 spiro atoms. The Morgan fingerprint density at radius 1 is 1.00 bits per heavy atom. The summed E-state index contributed by atoms with van der Waals surface area (Å²) in [7, 11) is 0. The number of aliphatic carboxylic acids is 1. The van der Waals surface area contributed by atoms with E-state index in [2.05, 4.69) is 0 Å². The quantitative estimate of drug-likeness (QED) is 0.929. The van der Waals surface area contributed by atoms with Gasteiger partial charge in [0.1, 0.15) is 0 Å². The van der Waals surface area contributed by atoms with E-state index < -0.39 is 29.3 Å². The van der Waals surface area contributed by atoms with E-state index in [0.29, 0.717) is 11.3 Å². The summed E-state index contributed by atoms with van der Waals surface area (Å²) in [6.07, 6.45) is 0. The Hall–Kier alpha value is -3.08. The minimum absolute atomic E-state index is 0.417. The van der Waals surface area contributed by atoms with Gasteiger partial charge < -0.3 is 10.2 Å². The van der Waals surface area contributed by atoms with E-state index >= 15 is 0 Å². The molecule has 1 N–H and O–H groups in total. The average Bonchev–Trinajstić information content (AvgIpc) is 2.81. The highest BCUT2D eigenvalue weighted by Gasteiger charge is 2.40. The Labute approximate surface area is 126 Å². The lowest BCUT2D eigenvalue weighted by Gasteiger charge is -2.27. The summed E-state index contributed by atoms with van der Waals surface area (Å²) in [5, 5.41) is 21.5. The summed E-state index contributed by atoms with van der Waals surface area (Å²) in [5.74, 6) is -3.16. The highest BCUT2D eigenvalue weighted by atomic mass is 16.4. The zero-order valence-electron chi connectivity index (χ0n) is 11.5. The SMILES string of the molecule is O=C(O)C1=C([O-])C(=O)N(c2ccccc2)C1c1ccccc1. The summed E-state index contributed by atoms with van der Waals surface area (Å²) in [6.45, 7) is 0. The van der Waals surface area contributed by atoms with Crippen molar-refractivity contribution < 1.29 is 19.8 Å². The Bertz CT molecular complexity index is 753. The second-order valence-corrected chi connectivity index (χ2v) is 4.87. The van der Waals surface area contributed by atoms with Crippen LogP contribution in [0.15, 0.2) is 72.0 Å². The molecule has 1 amide bonds. The summed E-state index contributed by atoms with van der Waals surface area (Å²) in [6, 6.07) is 16.3. The lowest BCUT2D eigenvalue weighted by Crippen LogP contribution is -2.32. The molecule has 1 aliphatic heterocycles. The molecule has 1 atom stereocenters. The summed E-state index contributed by atoms with van der Waals surface area (Å²) < 4.78 is 0. The van der Waals surface area contributed by atoms with Gasteiger partial charge in [-0.15, -0.1) is 0 Å². The van der Waals surface area contributed by atoms with E-state index in [-0.39, 0.29) is 0 Å². The first-order valence-corrected chi connectivity index (χ1v) is 6.69. The summed E-state index contributed by atoms with van der Waals surface area (Å²) in [5.41, 5.74) is 0.661. The van der Waals surface area contributed by atoms with Crippen molar-refractivity contribution in [1.29, 1.82) is 0 Å². The van der Waals surface area contributed by atoms with Gasteiger partial charge in [0.2, 0.25) is 5.91 Å². The highest BCUT2D eigenvalue weighted by Crippen LogP contribution is 2.39. The number of amides is 1. The zero-order chi connectivity index (χ0) is 15.7. The maximum atomic E-state index is 12.3. The molecule has 0 aromatic heterocycles. The molecular formula is C17H12NO4-. The van der Waals surface area contributed by atoms with Crippen LogP contribution in [0.2, 0.25) is 0 Å². The second-order valence-electron chi connectivity index (χ2n) is 4.87. The maximum Gasteiger partial charge on any atom is 0.333 e. The minimum atomic E-state index is -1.37. The lowest BCUT2D eigenvalue weighted by molar-refractivity contribution is -0.298. The molecule has 0 saturated carbocycles. The van der Waals surface area contributed by atoms with Crippen molar-refractivity contribution in [1.82, 2.24) is 0 Å². The fraction of sp³-hybridized carbons (Fsp3) is 0.0588. The largest absolute Gasteiger partial charge is 0.868 e. The van der Waals surface area contributed by atoms with Gasteiger partial charge in [-0.1, -0.05) is 48.5 Å². The van der Waals surface area contributed by atoms with Crippen LogP contribution in [-0.4, -0.2) is 17.0 Å². The van der Waals surface area contributed by atoms with Crippen molar-refractivity contribution in [2.24, 2.45) is 0 Å². The van der Waals surface area contributed by atoms with Gasteiger partial charge in [-0.3, -0.25) is 9.69 Å². The first-order chi connectivity index (χ1) is 10.6. The van der Waals surface area contributed by atoms with E-state index in [4.69, 9.17) is 0 Å². The number of hydrogen-bond donors (Lipinski definition) is 1. The van der Waals surface area contributed by atoms with Crippen molar-refractivity contribution in [3.63, 3.8) is 0 Å². The molecule has 22 heavy (non-hydrogen) atoms. The zero-order valence-corrected chi connectivity index (χ0v) is 11.5. The van der Waals surface area contributed by atoms with Gasteiger partial charge in [0.05, 0.1) is 11.6 Å². The normalized spacial score (nSPS) is 17.9. The smallest absolute Gasteiger partial charge is 0.333 e. The van der Waals surface area contributed by atoms with Crippen LogP contribution in [0.4, 0.5) is 5.69 Å². The molecule has 5 heteroatoms. The molecule has 0 bridgehead atoms. The second kappa shape index (κ2) is 5.37. The number of carbonyl (C=O) groups is 2. The molecule has 1 heterocycles. The Morgan fingerprint density at radius 3 is 2.09 bits per heavy atom. The van der Waals surface area contributed by atoms with E-state index in [1.165, 1.54) is 4.90 Å². The van der Waals surface area contributed by atoms with Gasteiger partial charge in [-0.05, 0) is 23.5 Å². The van der Waals surface area contributed by atoms with Gasteiger partial charge in [0.25, 0.3) is 0 Å². The molecule has 0 aliphatic carbocycles. The number of carbonyl (C=O) groups excluding carboxylic acids is 1. The third kappa shape index (κ3) is 2.13. The predicted molar refractivity (Wildman–Crippen MR) is 77.8 cm³/mol. The van der Waals surface area contributed by atoms with E-state index in [9.17, 15) is 19.8 Å². The van der Waals surface area contributed by atoms with Crippen molar-refractivity contribution >= 4 is 17.6 Å². The molecule has 0 fully saturated rings. The first kappa shape index (κ1) is 13.9. The number of carboxylic acid groups (broad SMARTS) is 1. The number of carboxylic acids is 1. The van der Waals surface area contributed by atoms with Crippen molar-refractivity contribution in [2.75, 3.05) is 4.90 Å². The van der Waals surface area contributed by atoms with Crippen LogP contribution in [-0.2, 0) is 9.59 Å². The third-order valence-electron chi connectivity index (χ3n) is 3.57. The van der Waals surface area contributed by atoms with Gasteiger partial charge in [0, 0.05) is 5.69 Å². The topological polar surface area (TPSA) is 80.7 Å². The fourth-order valence-corrected chi connectivity index (χ4v) is 2.62. The van der Waals surface area contributed by atoms with Crippen LogP contribution in [0.3, 0.4) is 0 Å². The number of anilines is 1. The molecule has 1 unspecified atom stereocenters. The van der Waals surface area contributed by atoms with Crippen LogP contribution < -0.4 is 10.0 Å². The van der Waals surface area contributed by atoms with E-state index in [0.717, 1.165) is 0 Å². The van der Waals surface area contributed by atoms with Crippen LogP contribution in [0, 0.1) is 0 Å². The Balaban J connectivity index is 2.18. The molecule has 3 rings (SSSR count). The number of benzene rings is 2. The standard InChI is InChI=1S/C17H13NO4/c19-15-13(17(21)22)14(11-7-3-1-4-8-11)18(16(15)20)12-9-5-2-6-10-12/h1-10,14,19H,(H,21,22)/p-1. The lowest BCUT2D eigenvalue weighted by atomic mass is 9.99. The van der Waals surface area contributed by atoms with Gasteiger partial charge in [-0.25, -0.2) is 4.79 Å². The van der Waals surface area contributed by atoms with Crippen molar-refractivity contribution in [2.45, 2.75) is 6.04 Å². The number of nitrogens with zero attached hydrogens (tertiary/aromatic N) is 1. The number of hydrogen-bond acceptors (Lipinski definition) is 3. The van der Waals surface area contributed by atoms with Crippen molar-refractivity contribution in [3.8, 4) is 0 Å². The highest BCUT2D eigenvalue weighted by molar-refractivity contribution is 6.14. The predicted octanol–water partition coefficient (Wildman–Crippen LogP) is 1.47. The average molecular weight is 294 g/mol. The Morgan fingerprint density at radius 2 is 1.55 bits per heavy atom. The molecule has 2 aromatic carbocycles. The Kier molecular flexibility index (Phi) is 3.39. The molecular weight excluding hydrogens is 282 g/mol. The number of rotatable bonds is 3. The van der Waals surface area contributed by atoms with Crippen molar-refractivity contribution in [3.05, 3.63) is 77.6 Å². The van der Waals surface area contributed by atoms with Crippen LogP contribution in [0.25, 0.3) is 0 Å². The third-order valence-corrected chi connectivity index (χ3v) is 3.57. The molecule has 1 aliphatic rings. The molecule has 5 nitrogen and oxygen atoms in total. The maximum absolute atomic E-state index is 12.3. The van der Waals surface area contributed by atoms with Crippen LogP contribution >= 0.6 is 0 Å². The van der Waals surface area contributed by atoms with Crippen LogP contribution in [0.1, 0.15) is 11.6 Å². The summed E-state index contributed by atoms with van der Waals surface area (Å²) in [4.78, 5) is 25.0. The molecule has 0 radical (unpaired) electrons. The number of para-hydroxylation sites is 1. The minimum Gasteiger partial charge on any atom is -0.868 e. The monoisotopic (exact) mass is 294 g/mol. The van der Waals surface area contributed by atoms with Gasteiger partial charge in [0.15, 0.2) is 0 Å². The fourth-order valence-electron chi connectivity index (χ4n) is 2.62. The summed E-state index contributed by atoms with van der Waals surface area (Å²) >= 11 is 0. The first-order valence-electron chi connectivity index (χ1n) is 6.69.